The van der Waals surface area contributed by atoms with Gasteiger partial charge in [0.25, 0.3) is 0 Å². The predicted molar refractivity (Wildman–Crippen MR) is 51.0 cm³/mol. The molecule has 0 saturated carbocycles. The molecule has 0 aromatic carbocycles. The van der Waals surface area contributed by atoms with Crippen molar-refractivity contribution < 1.29 is 5.11 Å². The Morgan fingerprint density at radius 1 is 1.18 bits per heavy atom. The molecule has 1 heterocycles. The summed E-state index contributed by atoms with van der Waals surface area (Å²) in [6.45, 7) is 6.38. The standard InChI is InChI=1S/C9H18OS/c1-8(2,3)9(10)4-6-11-7-5-9/h10H,4-7H2,1-3H3. The molecule has 11 heavy (non-hydrogen) atoms. The van der Waals surface area contributed by atoms with Gasteiger partial charge in [-0.25, -0.2) is 0 Å². The van der Waals surface area contributed by atoms with Gasteiger partial charge in [0.15, 0.2) is 0 Å². The van der Waals surface area contributed by atoms with Crippen molar-refractivity contribution in [2.45, 2.75) is 39.2 Å². The Kier molecular flexibility index (Phi) is 2.55. The fourth-order valence-electron chi connectivity index (χ4n) is 1.46. The lowest BCUT2D eigenvalue weighted by atomic mass is 9.73. The Morgan fingerprint density at radius 2 is 1.64 bits per heavy atom. The minimum atomic E-state index is -0.405. The van der Waals surface area contributed by atoms with Gasteiger partial charge >= 0.3 is 0 Å². The largest absolute Gasteiger partial charge is 0.389 e. The molecule has 0 aromatic heterocycles. The predicted octanol–water partition coefficient (Wildman–Crippen LogP) is 2.29. The van der Waals surface area contributed by atoms with Crippen molar-refractivity contribution in [2.75, 3.05) is 11.5 Å². The van der Waals surface area contributed by atoms with E-state index in [1.807, 2.05) is 11.8 Å². The van der Waals surface area contributed by atoms with Crippen LogP contribution < -0.4 is 0 Å². The number of rotatable bonds is 0. The minimum absolute atomic E-state index is 0.0496. The fourth-order valence-corrected chi connectivity index (χ4v) is 2.63. The van der Waals surface area contributed by atoms with Crippen molar-refractivity contribution in [2.24, 2.45) is 5.41 Å². The maximum atomic E-state index is 10.2. The fraction of sp³-hybridized carbons (Fsp3) is 1.00. The van der Waals surface area contributed by atoms with Crippen LogP contribution in [-0.4, -0.2) is 22.2 Å². The van der Waals surface area contributed by atoms with Crippen LogP contribution in [-0.2, 0) is 0 Å². The van der Waals surface area contributed by atoms with Crippen LogP contribution in [0.2, 0.25) is 0 Å². The summed E-state index contributed by atoms with van der Waals surface area (Å²) < 4.78 is 0. The van der Waals surface area contributed by atoms with Crippen LogP contribution in [0.1, 0.15) is 33.6 Å². The molecule has 0 radical (unpaired) electrons. The molecule has 1 aliphatic rings. The molecular weight excluding hydrogens is 156 g/mol. The van der Waals surface area contributed by atoms with Crippen molar-refractivity contribution in [3.63, 3.8) is 0 Å². The Bertz CT molecular complexity index is 131. The summed E-state index contributed by atoms with van der Waals surface area (Å²) in [5.41, 5.74) is -0.355. The number of hydrogen-bond donors (Lipinski definition) is 1. The topological polar surface area (TPSA) is 20.2 Å². The lowest BCUT2D eigenvalue weighted by Gasteiger charge is -2.42. The van der Waals surface area contributed by atoms with Gasteiger partial charge in [0.05, 0.1) is 5.60 Å². The number of hydrogen-bond acceptors (Lipinski definition) is 2. The Hall–Kier alpha value is 0.310. The van der Waals surface area contributed by atoms with E-state index in [0.29, 0.717) is 0 Å². The molecular formula is C9H18OS. The SMILES string of the molecule is CC(C)(C)C1(O)CCSCC1. The third-order valence-electron chi connectivity index (χ3n) is 2.72. The minimum Gasteiger partial charge on any atom is -0.389 e. The first-order valence-corrected chi connectivity index (χ1v) is 5.41. The summed E-state index contributed by atoms with van der Waals surface area (Å²) in [6, 6.07) is 0. The van der Waals surface area contributed by atoms with Gasteiger partial charge in [-0.3, -0.25) is 0 Å². The second-order valence-corrected chi connectivity index (χ2v) is 5.62. The Labute approximate surface area is 73.6 Å². The van der Waals surface area contributed by atoms with E-state index in [2.05, 4.69) is 20.8 Å². The monoisotopic (exact) mass is 174 g/mol. The van der Waals surface area contributed by atoms with Crippen LogP contribution in [0.25, 0.3) is 0 Å². The second kappa shape index (κ2) is 2.98. The van der Waals surface area contributed by atoms with Gasteiger partial charge in [-0.1, -0.05) is 20.8 Å². The summed E-state index contributed by atoms with van der Waals surface area (Å²) in [6.07, 6.45) is 1.92. The highest BCUT2D eigenvalue weighted by atomic mass is 32.2. The zero-order valence-corrected chi connectivity index (χ0v) is 8.50. The van der Waals surface area contributed by atoms with Gasteiger partial charge in [-0.05, 0) is 29.8 Å². The molecule has 2 heteroatoms. The maximum Gasteiger partial charge on any atom is 0.0711 e. The normalized spacial score (nSPS) is 25.1. The van der Waals surface area contributed by atoms with E-state index >= 15 is 0 Å². The lowest BCUT2D eigenvalue weighted by molar-refractivity contribution is -0.0638. The first-order chi connectivity index (χ1) is 4.96. The van der Waals surface area contributed by atoms with Crippen molar-refractivity contribution >= 4 is 11.8 Å². The third kappa shape index (κ3) is 1.91. The van der Waals surface area contributed by atoms with E-state index in [-0.39, 0.29) is 5.41 Å². The van der Waals surface area contributed by atoms with Crippen molar-refractivity contribution in [3.8, 4) is 0 Å². The molecule has 1 saturated heterocycles. The van der Waals surface area contributed by atoms with Crippen LogP contribution in [0, 0.1) is 5.41 Å². The molecule has 0 atom stereocenters. The summed E-state index contributed by atoms with van der Waals surface area (Å²) >= 11 is 1.95. The molecule has 0 unspecified atom stereocenters. The molecule has 66 valence electrons. The van der Waals surface area contributed by atoms with E-state index in [9.17, 15) is 5.11 Å². The first-order valence-electron chi connectivity index (χ1n) is 4.26. The summed E-state index contributed by atoms with van der Waals surface area (Å²) in [4.78, 5) is 0. The van der Waals surface area contributed by atoms with Crippen LogP contribution in [0.15, 0.2) is 0 Å². The zero-order valence-electron chi connectivity index (χ0n) is 7.68. The quantitative estimate of drug-likeness (QED) is 0.608. The molecule has 0 bridgehead atoms. The zero-order chi connectivity index (χ0) is 8.54. The van der Waals surface area contributed by atoms with Gasteiger partial charge < -0.3 is 5.11 Å². The highest BCUT2D eigenvalue weighted by molar-refractivity contribution is 7.99. The van der Waals surface area contributed by atoms with Crippen LogP contribution in [0.5, 0.6) is 0 Å². The molecule has 0 aliphatic carbocycles. The van der Waals surface area contributed by atoms with E-state index in [1.54, 1.807) is 0 Å². The van der Waals surface area contributed by atoms with Crippen molar-refractivity contribution in [1.82, 2.24) is 0 Å². The van der Waals surface area contributed by atoms with Gasteiger partial charge in [0.1, 0.15) is 0 Å². The Balaban J connectivity index is 2.64. The van der Waals surface area contributed by atoms with Crippen LogP contribution in [0.3, 0.4) is 0 Å². The highest BCUT2D eigenvalue weighted by Crippen LogP contribution is 2.40. The summed E-state index contributed by atoms with van der Waals surface area (Å²) in [5, 5.41) is 10.2. The molecule has 1 aliphatic heterocycles. The summed E-state index contributed by atoms with van der Waals surface area (Å²) in [5.74, 6) is 2.24. The molecule has 1 N–H and O–H groups in total. The molecule has 1 nitrogen and oxygen atoms in total. The van der Waals surface area contributed by atoms with E-state index < -0.39 is 5.60 Å². The van der Waals surface area contributed by atoms with E-state index in [0.717, 1.165) is 24.3 Å². The van der Waals surface area contributed by atoms with Crippen molar-refractivity contribution in [3.05, 3.63) is 0 Å². The Morgan fingerprint density at radius 3 is 1.91 bits per heavy atom. The van der Waals surface area contributed by atoms with E-state index in [1.165, 1.54) is 0 Å². The third-order valence-corrected chi connectivity index (χ3v) is 3.70. The highest BCUT2D eigenvalue weighted by Gasteiger charge is 2.40. The molecule has 0 amide bonds. The number of thioether (sulfide) groups is 1. The smallest absolute Gasteiger partial charge is 0.0711 e. The maximum absolute atomic E-state index is 10.2. The van der Waals surface area contributed by atoms with Gasteiger partial charge in [-0.15, -0.1) is 0 Å². The molecule has 1 rings (SSSR count). The molecule has 0 spiro atoms. The average molecular weight is 174 g/mol. The first kappa shape index (κ1) is 9.40. The van der Waals surface area contributed by atoms with Gasteiger partial charge in [0.2, 0.25) is 0 Å². The van der Waals surface area contributed by atoms with Gasteiger partial charge in [-0.2, -0.15) is 11.8 Å². The second-order valence-electron chi connectivity index (χ2n) is 4.39. The van der Waals surface area contributed by atoms with Gasteiger partial charge in [0, 0.05) is 0 Å². The average Bonchev–Trinajstić information content (AvgIpc) is 1.87. The van der Waals surface area contributed by atoms with Crippen LogP contribution >= 0.6 is 11.8 Å². The molecule has 0 aromatic rings. The van der Waals surface area contributed by atoms with E-state index in [4.69, 9.17) is 0 Å². The van der Waals surface area contributed by atoms with Crippen molar-refractivity contribution in [1.29, 1.82) is 0 Å². The van der Waals surface area contributed by atoms with Crippen LogP contribution in [0.4, 0.5) is 0 Å². The number of aliphatic hydroxyl groups is 1. The lowest BCUT2D eigenvalue weighted by Crippen LogP contribution is -2.45. The summed E-state index contributed by atoms with van der Waals surface area (Å²) in [7, 11) is 0. The molecule has 1 fully saturated rings.